The number of carbonyl (C=O) groups excluding carboxylic acids is 1. The van der Waals surface area contributed by atoms with Crippen molar-refractivity contribution < 1.29 is 9.53 Å². The molecule has 0 atom stereocenters. The van der Waals surface area contributed by atoms with Crippen molar-refractivity contribution >= 4 is 5.97 Å². The maximum Gasteiger partial charge on any atom is 0.338 e. The van der Waals surface area contributed by atoms with E-state index < -0.39 is 0 Å². The number of carbonyl (C=O) groups is 1. The Hall–Kier alpha value is -1.35. The van der Waals surface area contributed by atoms with Crippen LogP contribution < -0.4 is 5.32 Å². The van der Waals surface area contributed by atoms with E-state index in [2.05, 4.69) is 16.1 Å². The largest absolute Gasteiger partial charge is 0.465 e. The van der Waals surface area contributed by atoms with Gasteiger partial charge in [-0.1, -0.05) is 12.2 Å². The maximum absolute atomic E-state index is 11.3. The lowest BCUT2D eigenvalue weighted by Gasteiger charge is -2.13. The smallest absolute Gasteiger partial charge is 0.338 e. The second-order valence-electron chi connectivity index (χ2n) is 3.01. The van der Waals surface area contributed by atoms with Gasteiger partial charge in [0.05, 0.1) is 12.7 Å². The van der Waals surface area contributed by atoms with E-state index in [9.17, 15) is 4.79 Å². The zero-order chi connectivity index (χ0) is 9.26. The van der Waals surface area contributed by atoms with Gasteiger partial charge in [-0.15, -0.1) is 0 Å². The number of hydrogen-bond acceptors (Lipinski definition) is 3. The molecule has 0 aromatic carbocycles. The highest BCUT2D eigenvalue weighted by Crippen LogP contribution is 2.26. The molecular weight excluding hydrogens is 166 g/mol. The molecule has 68 valence electrons. The van der Waals surface area contributed by atoms with Crippen LogP contribution in [0.1, 0.15) is 0 Å². The normalized spacial score (nSPS) is 19.9. The van der Waals surface area contributed by atoms with E-state index in [1.807, 2.05) is 12.2 Å². The lowest BCUT2D eigenvalue weighted by molar-refractivity contribution is -0.135. The summed E-state index contributed by atoms with van der Waals surface area (Å²) in [5.41, 5.74) is 2.89. The molecule has 1 heterocycles. The molecule has 0 aromatic heterocycles. The van der Waals surface area contributed by atoms with Crippen molar-refractivity contribution in [3.05, 3.63) is 34.9 Å². The Balaban J connectivity index is 2.37. The molecular formula is C10H11NO2. The van der Waals surface area contributed by atoms with Crippen molar-refractivity contribution in [3.8, 4) is 0 Å². The van der Waals surface area contributed by atoms with Gasteiger partial charge in [-0.25, -0.2) is 4.79 Å². The van der Waals surface area contributed by atoms with Gasteiger partial charge in [0.2, 0.25) is 0 Å². The number of methoxy groups -OCH3 is 1. The minimum atomic E-state index is -0.252. The number of fused-ring (bicyclic) bond motifs is 1. The van der Waals surface area contributed by atoms with Crippen LogP contribution in [0.5, 0.6) is 0 Å². The fraction of sp³-hybridized carbons (Fsp3) is 0.300. The van der Waals surface area contributed by atoms with Crippen LogP contribution in [0, 0.1) is 0 Å². The molecule has 0 unspecified atom stereocenters. The van der Waals surface area contributed by atoms with E-state index in [0.717, 1.165) is 24.2 Å². The van der Waals surface area contributed by atoms with Gasteiger partial charge in [-0.3, -0.25) is 0 Å². The van der Waals surface area contributed by atoms with Gasteiger partial charge >= 0.3 is 5.97 Å². The SMILES string of the molecule is COC(=O)C1=C2CNCC=C2C=C1. The third kappa shape index (κ3) is 1.31. The first-order chi connectivity index (χ1) is 6.33. The predicted octanol–water partition coefficient (Wildman–Crippen LogP) is 0.555. The maximum atomic E-state index is 11.3. The Bertz CT molecular complexity index is 337. The van der Waals surface area contributed by atoms with Crippen molar-refractivity contribution in [2.75, 3.05) is 20.2 Å². The van der Waals surface area contributed by atoms with Crippen LogP contribution >= 0.6 is 0 Å². The van der Waals surface area contributed by atoms with Crippen molar-refractivity contribution in [1.29, 1.82) is 0 Å². The number of hydrogen-bond donors (Lipinski definition) is 1. The average molecular weight is 177 g/mol. The molecule has 0 saturated carbocycles. The van der Waals surface area contributed by atoms with Crippen LogP contribution in [0.2, 0.25) is 0 Å². The van der Waals surface area contributed by atoms with Gasteiger partial charge in [0, 0.05) is 13.1 Å². The minimum absolute atomic E-state index is 0.252. The lowest BCUT2D eigenvalue weighted by Crippen LogP contribution is -2.23. The molecule has 0 aromatic rings. The Morgan fingerprint density at radius 1 is 1.54 bits per heavy atom. The molecule has 3 heteroatoms. The topological polar surface area (TPSA) is 38.3 Å². The van der Waals surface area contributed by atoms with Gasteiger partial charge in [0.25, 0.3) is 0 Å². The van der Waals surface area contributed by atoms with Gasteiger partial charge < -0.3 is 10.1 Å². The summed E-state index contributed by atoms with van der Waals surface area (Å²) in [6.45, 7) is 1.63. The third-order valence-corrected chi connectivity index (χ3v) is 2.28. The molecule has 1 aliphatic carbocycles. The van der Waals surface area contributed by atoms with Crippen LogP contribution in [0.4, 0.5) is 0 Å². The van der Waals surface area contributed by atoms with Crippen molar-refractivity contribution in [1.82, 2.24) is 5.32 Å². The monoisotopic (exact) mass is 177 g/mol. The summed E-state index contributed by atoms with van der Waals surface area (Å²) in [5.74, 6) is -0.252. The number of allylic oxidation sites excluding steroid dienone is 1. The zero-order valence-electron chi connectivity index (χ0n) is 7.46. The van der Waals surface area contributed by atoms with E-state index in [0.29, 0.717) is 5.57 Å². The van der Waals surface area contributed by atoms with Crippen LogP contribution in [-0.4, -0.2) is 26.2 Å². The Labute approximate surface area is 76.8 Å². The molecule has 0 saturated heterocycles. The second kappa shape index (κ2) is 3.18. The van der Waals surface area contributed by atoms with Crippen LogP contribution in [-0.2, 0) is 9.53 Å². The Morgan fingerprint density at radius 2 is 2.38 bits per heavy atom. The summed E-state index contributed by atoms with van der Waals surface area (Å²) < 4.78 is 4.68. The number of rotatable bonds is 1. The van der Waals surface area contributed by atoms with Gasteiger partial charge in [0.15, 0.2) is 0 Å². The van der Waals surface area contributed by atoms with Crippen LogP contribution in [0.15, 0.2) is 34.9 Å². The van der Waals surface area contributed by atoms with Crippen molar-refractivity contribution in [2.24, 2.45) is 0 Å². The summed E-state index contributed by atoms with van der Waals surface area (Å²) in [6.07, 6.45) is 5.85. The lowest BCUT2D eigenvalue weighted by atomic mass is 10.0. The summed E-state index contributed by atoms with van der Waals surface area (Å²) >= 11 is 0. The quantitative estimate of drug-likeness (QED) is 0.594. The summed E-state index contributed by atoms with van der Waals surface area (Å²) in [5, 5.41) is 3.18. The summed E-state index contributed by atoms with van der Waals surface area (Å²) in [7, 11) is 1.40. The molecule has 2 aliphatic rings. The average Bonchev–Trinajstić information content (AvgIpc) is 2.60. The molecule has 0 amide bonds. The molecule has 0 fully saturated rings. The van der Waals surface area contributed by atoms with Crippen molar-refractivity contribution in [3.63, 3.8) is 0 Å². The van der Waals surface area contributed by atoms with Crippen LogP contribution in [0.25, 0.3) is 0 Å². The van der Waals surface area contributed by atoms with E-state index in [-0.39, 0.29) is 5.97 Å². The molecule has 2 rings (SSSR count). The highest BCUT2D eigenvalue weighted by atomic mass is 16.5. The second-order valence-corrected chi connectivity index (χ2v) is 3.01. The van der Waals surface area contributed by atoms with E-state index in [4.69, 9.17) is 0 Å². The Morgan fingerprint density at radius 3 is 3.15 bits per heavy atom. The highest BCUT2D eigenvalue weighted by Gasteiger charge is 2.21. The van der Waals surface area contributed by atoms with E-state index >= 15 is 0 Å². The summed E-state index contributed by atoms with van der Waals surface area (Å²) in [6, 6.07) is 0. The first-order valence-electron chi connectivity index (χ1n) is 4.23. The predicted molar refractivity (Wildman–Crippen MR) is 49.1 cm³/mol. The molecule has 0 spiro atoms. The highest BCUT2D eigenvalue weighted by molar-refractivity contribution is 5.95. The number of nitrogens with one attached hydrogen (secondary N) is 1. The standard InChI is InChI=1S/C10H11NO2/c1-13-10(12)8-3-2-7-4-5-11-6-9(7)8/h2-4,11H,5-6H2,1H3. The van der Waals surface area contributed by atoms with Crippen LogP contribution in [0.3, 0.4) is 0 Å². The van der Waals surface area contributed by atoms with Crippen molar-refractivity contribution in [2.45, 2.75) is 0 Å². The first-order valence-corrected chi connectivity index (χ1v) is 4.23. The zero-order valence-corrected chi connectivity index (χ0v) is 7.46. The molecule has 1 N–H and O–H groups in total. The summed E-state index contributed by atoms with van der Waals surface area (Å²) in [4.78, 5) is 11.3. The first kappa shape index (κ1) is 8.26. The molecule has 0 radical (unpaired) electrons. The Kier molecular flexibility index (Phi) is 2.02. The van der Waals surface area contributed by atoms with Gasteiger partial charge in [-0.05, 0) is 17.2 Å². The van der Waals surface area contributed by atoms with E-state index in [1.54, 1.807) is 0 Å². The molecule has 13 heavy (non-hydrogen) atoms. The third-order valence-electron chi connectivity index (χ3n) is 2.28. The minimum Gasteiger partial charge on any atom is -0.465 e. The molecule has 0 bridgehead atoms. The fourth-order valence-electron chi connectivity index (χ4n) is 1.60. The van der Waals surface area contributed by atoms with E-state index in [1.165, 1.54) is 7.11 Å². The number of esters is 1. The molecule has 3 nitrogen and oxygen atoms in total. The molecule has 1 aliphatic heterocycles. The number of ether oxygens (including phenoxy) is 1. The fourth-order valence-corrected chi connectivity index (χ4v) is 1.60. The van der Waals surface area contributed by atoms with Gasteiger partial charge in [0.1, 0.15) is 0 Å². The van der Waals surface area contributed by atoms with Gasteiger partial charge in [-0.2, -0.15) is 0 Å².